The van der Waals surface area contributed by atoms with Crippen molar-refractivity contribution < 1.29 is 14.0 Å². The summed E-state index contributed by atoms with van der Waals surface area (Å²) < 4.78 is 13.0. The van der Waals surface area contributed by atoms with Crippen molar-refractivity contribution in [3.63, 3.8) is 0 Å². The number of hydrogen-bond acceptors (Lipinski definition) is 3. The quantitative estimate of drug-likeness (QED) is 0.514. The number of rotatable bonds is 3. The molecule has 3 aromatic rings. The average molecular weight is 476 g/mol. The molecule has 34 heavy (non-hydrogen) atoms. The molecule has 5 nitrogen and oxygen atoms in total. The van der Waals surface area contributed by atoms with Gasteiger partial charge in [-0.3, -0.25) is 9.69 Å². The Kier molecular flexibility index (Phi) is 5.40. The van der Waals surface area contributed by atoms with Gasteiger partial charge in [-0.15, -0.1) is 11.8 Å². The minimum absolute atomic E-state index is 0.123. The van der Waals surface area contributed by atoms with Crippen LogP contribution in [0.4, 0.5) is 20.6 Å². The van der Waals surface area contributed by atoms with Crippen molar-refractivity contribution in [3.8, 4) is 0 Å². The van der Waals surface area contributed by atoms with E-state index in [0.29, 0.717) is 18.8 Å². The second-order valence-corrected chi connectivity index (χ2v) is 11.3. The summed E-state index contributed by atoms with van der Waals surface area (Å²) in [5.74, 6) is -0.499. The van der Waals surface area contributed by atoms with Gasteiger partial charge in [-0.05, 0) is 56.7 Å². The van der Waals surface area contributed by atoms with E-state index in [1.165, 1.54) is 36.0 Å². The van der Waals surface area contributed by atoms with Gasteiger partial charge in [-0.25, -0.2) is 9.18 Å². The molecule has 1 spiro atoms. The monoisotopic (exact) mass is 475 g/mol. The minimum Gasteiger partial charge on any atom is -0.308 e. The number of anilines is 2. The lowest BCUT2D eigenvalue weighted by atomic mass is 10.0. The van der Waals surface area contributed by atoms with Crippen LogP contribution >= 0.6 is 11.8 Å². The molecule has 0 saturated carbocycles. The normalized spacial score (nSPS) is 20.6. The third-order valence-electron chi connectivity index (χ3n) is 6.21. The van der Waals surface area contributed by atoms with Crippen LogP contribution in [0.5, 0.6) is 0 Å². The number of carbonyl (C=O) groups is 2. The summed E-state index contributed by atoms with van der Waals surface area (Å²) >= 11 is 1.51. The first-order valence-electron chi connectivity index (χ1n) is 11.2. The van der Waals surface area contributed by atoms with E-state index in [4.69, 9.17) is 0 Å². The maximum atomic E-state index is 14.2. The number of nitrogens with one attached hydrogen (secondary N) is 1. The van der Waals surface area contributed by atoms with E-state index in [0.717, 1.165) is 22.4 Å². The molecular formula is C27H26FN3O2S. The van der Waals surface area contributed by atoms with Gasteiger partial charge in [0.05, 0.1) is 12.2 Å². The van der Waals surface area contributed by atoms with Crippen molar-refractivity contribution in [3.05, 3.63) is 95.3 Å². The Morgan fingerprint density at radius 3 is 2.47 bits per heavy atom. The third-order valence-corrected chi connectivity index (χ3v) is 7.80. The van der Waals surface area contributed by atoms with Crippen LogP contribution in [0.1, 0.15) is 30.5 Å². The zero-order valence-corrected chi connectivity index (χ0v) is 20.2. The summed E-state index contributed by atoms with van der Waals surface area (Å²) in [4.78, 5) is 30.1. The molecule has 0 bridgehead atoms. The van der Waals surface area contributed by atoms with Crippen LogP contribution in [0.2, 0.25) is 0 Å². The van der Waals surface area contributed by atoms with E-state index >= 15 is 0 Å². The number of aryl methyl sites for hydroxylation is 1. The van der Waals surface area contributed by atoms with Crippen molar-refractivity contribution in [2.45, 2.75) is 36.9 Å². The average Bonchev–Trinajstić information content (AvgIpc) is 3.22. The lowest BCUT2D eigenvalue weighted by molar-refractivity contribution is -0.123. The van der Waals surface area contributed by atoms with Crippen molar-refractivity contribution in [1.82, 2.24) is 4.90 Å². The summed E-state index contributed by atoms with van der Waals surface area (Å²) in [5, 5.41) is 2.87. The number of carbonyl (C=O) groups excluding carboxylic acids is 2. The molecule has 1 N–H and O–H groups in total. The Morgan fingerprint density at radius 1 is 1.06 bits per heavy atom. The summed E-state index contributed by atoms with van der Waals surface area (Å²) in [5.41, 5.74) is 4.18. The van der Waals surface area contributed by atoms with Gasteiger partial charge in [-0.1, -0.05) is 48.0 Å². The van der Waals surface area contributed by atoms with Crippen LogP contribution in [0.15, 0.2) is 72.8 Å². The minimum atomic E-state index is -1.18. The lowest BCUT2D eigenvalue weighted by Crippen LogP contribution is -2.51. The standard InChI is InChI=1S/C27H26FN3O2S/c1-18-9-14-23-22(15-18)27(24(32)30(23)16-19-7-5-4-6-8-19)31(17-26(2,3)34-27)25(33)29-21-12-10-20(28)11-13-21/h4-15H,16-17H2,1-3H3,(H,29,33). The van der Waals surface area contributed by atoms with Crippen LogP contribution in [0.25, 0.3) is 0 Å². The number of hydrogen-bond donors (Lipinski definition) is 1. The van der Waals surface area contributed by atoms with Gasteiger partial charge >= 0.3 is 6.03 Å². The second kappa shape index (κ2) is 8.17. The number of nitrogens with zero attached hydrogens (tertiary/aromatic N) is 2. The molecule has 174 valence electrons. The fourth-order valence-corrected chi connectivity index (χ4v) is 6.49. The van der Waals surface area contributed by atoms with E-state index in [9.17, 15) is 14.0 Å². The molecule has 2 aliphatic heterocycles. The summed E-state index contributed by atoms with van der Waals surface area (Å²) in [6, 6.07) is 21.1. The van der Waals surface area contributed by atoms with Crippen LogP contribution in [0.3, 0.4) is 0 Å². The Bertz CT molecular complexity index is 1260. The highest BCUT2D eigenvalue weighted by atomic mass is 32.2. The first-order valence-corrected chi connectivity index (χ1v) is 12.0. The Morgan fingerprint density at radius 2 is 1.76 bits per heavy atom. The number of amides is 3. The van der Waals surface area contributed by atoms with Crippen molar-refractivity contribution in [2.24, 2.45) is 0 Å². The predicted molar refractivity (Wildman–Crippen MR) is 134 cm³/mol. The van der Waals surface area contributed by atoms with E-state index < -0.39 is 4.87 Å². The number of halogens is 1. The van der Waals surface area contributed by atoms with Gasteiger partial charge in [0.1, 0.15) is 5.82 Å². The molecule has 3 aromatic carbocycles. The highest BCUT2D eigenvalue weighted by Crippen LogP contribution is 2.60. The Labute approximate surface area is 202 Å². The zero-order chi connectivity index (χ0) is 24.1. The van der Waals surface area contributed by atoms with Crippen LogP contribution in [-0.4, -0.2) is 28.1 Å². The molecule has 1 fully saturated rings. The molecule has 2 aliphatic rings. The predicted octanol–water partition coefficient (Wildman–Crippen LogP) is 5.89. The fourth-order valence-electron chi connectivity index (χ4n) is 4.76. The molecule has 5 rings (SSSR count). The van der Waals surface area contributed by atoms with Crippen molar-refractivity contribution in [1.29, 1.82) is 0 Å². The topological polar surface area (TPSA) is 52.7 Å². The van der Waals surface area contributed by atoms with Crippen molar-refractivity contribution >= 4 is 35.1 Å². The van der Waals surface area contributed by atoms with Gasteiger partial charge in [0, 0.05) is 22.5 Å². The molecule has 1 atom stereocenters. The van der Waals surface area contributed by atoms with Crippen molar-refractivity contribution in [2.75, 3.05) is 16.8 Å². The summed E-state index contributed by atoms with van der Waals surface area (Å²) in [6.45, 7) is 6.90. The highest BCUT2D eigenvalue weighted by Gasteiger charge is 2.63. The molecule has 0 aromatic heterocycles. The molecular weight excluding hydrogens is 449 g/mol. The second-order valence-electron chi connectivity index (χ2n) is 9.43. The summed E-state index contributed by atoms with van der Waals surface area (Å²) in [6.07, 6.45) is 0. The fraction of sp³-hybridized carbons (Fsp3) is 0.259. The van der Waals surface area contributed by atoms with Crippen LogP contribution in [0, 0.1) is 12.7 Å². The van der Waals surface area contributed by atoms with Crippen LogP contribution in [-0.2, 0) is 16.2 Å². The van der Waals surface area contributed by atoms with Gasteiger partial charge < -0.3 is 10.2 Å². The Hall–Kier alpha value is -3.32. The maximum Gasteiger partial charge on any atom is 0.323 e. The molecule has 1 saturated heterocycles. The van der Waals surface area contributed by atoms with Gasteiger partial charge in [-0.2, -0.15) is 0 Å². The molecule has 3 amide bonds. The first-order chi connectivity index (χ1) is 16.2. The molecule has 1 unspecified atom stereocenters. The number of urea groups is 1. The number of thioether (sulfide) groups is 1. The van der Waals surface area contributed by atoms with Gasteiger partial charge in [0.2, 0.25) is 0 Å². The zero-order valence-electron chi connectivity index (χ0n) is 19.3. The maximum absolute atomic E-state index is 14.2. The first kappa shape index (κ1) is 22.5. The van der Waals surface area contributed by atoms with Crippen LogP contribution < -0.4 is 10.2 Å². The highest BCUT2D eigenvalue weighted by molar-refractivity contribution is 8.02. The molecule has 7 heteroatoms. The largest absolute Gasteiger partial charge is 0.323 e. The van der Waals surface area contributed by atoms with Gasteiger partial charge in [0.15, 0.2) is 4.87 Å². The molecule has 2 heterocycles. The molecule has 0 aliphatic carbocycles. The summed E-state index contributed by atoms with van der Waals surface area (Å²) in [7, 11) is 0. The van der Waals surface area contributed by atoms with Gasteiger partial charge in [0.25, 0.3) is 5.91 Å². The SMILES string of the molecule is Cc1ccc2c(c1)C1(SC(C)(C)CN1C(=O)Nc1ccc(F)cc1)C(=O)N2Cc1ccccc1. The lowest BCUT2D eigenvalue weighted by Gasteiger charge is -2.33. The number of benzene rings is 3. The van der Waals surface area contributed by atoms with E-state index in [1.807, 2.05) is 69.3 Å². The van der Waals surface area contributed by atoms with E-state index in [-0.39, 0.29) is 22.5 Å². The van der Waals surface area contributed by atoms with E-state index in [1.54, 1.807) is 9.80 Å². The molecule has 0 radical (unpaired) electrons. The number of fused-ring (bicyclic) bond motifs is 2. The smallest absolute Gasteiger partial charge is 0.308 e. The van der Waals surface area contributed by atoms with E-state index in [2.05, 4.69) is 5.32 Å². The Balaban J connectivity index is 1.58. The third kappa shape index (κ3) is 3.74.